The predicted octanol–water partition coefficient (Wildman–Crippen LogP) is 6.19. The maximum atomic E-state index is 13.1. The van der Waals surface area contributed by atoms with Crippen LogP contribution in [0.3, 0.4) is 0 Å². The molecule has 0 radical (unpaired) electrons. The molecule has 0 aliphatic heterocycles. The number of thioether (sulfide) groups is 1. The molecular weight excluding hydrogens is 579 g/mol. The fourth-order valence-corrected chi connectivity index (χ4v) is 7.63. The molecule has 3 aromatic heterocycles. The lowest BCUT2D eigenvalue weighted by Crippen LogP contribution is -2.26. The number of fused-ring (bicyclic) bond motifs is 1. The largest absolute Gasteiger partial charge is 0.462 e. The minimum atomic E-state index is -0.379. The Balaban J connectivity index is 1.45. The van der Waals surface area contributed by atoms with E-state index in [2.05, 4.69) is 48.5 Å². The second-order valence-corrected chi connectivity index (χ2v) is 14.1. The summed E-state index contributed by atoms with van der Waals surface area (Å²) in [6.45, 7) is 11.9. The third kappa shape index (κ3) is 7.78. The molecule has 1 unspecified atom stereocenters. The van der Waals surface area contributed by atoms with Gasteiger partial charge in [-0.05, 0) is 60.9 Å². The van der Waals surface area contributed by atoms with Gasteiger partial charge < -0.3 is 19.9 Å². The molecule has 0 aromatic carbocycles. The van der Waals surface area contributed by atoms with E-state index in [4.69, 9.17) is 4.74 Å². The van der Waals surface area contributed by atoms with Crippen molar-refractivity contribution in [1.29, 1.82) is 0 Å². The summed E-state index contributed by atoms with van der Waals surface area (Å²) in [5, 5.41) is 17.6. The second-order valence-electron chi connectivity index (χ2n) is 11.1. The van der Waals surface area contributed by atoms with Crippen molar-refractivity contribution in [3.05, 3.63) is 44.2 Å². The molecule has 9 nitrogen and oxygen atoms in total. The zero-order valence-electron chi connectivity index (χ0n) is 24.4. The van der Waals surface area contributed by atoms with E-state index in [0.717, 1.165) is 42.5 Å². The number of hydrogen-bond acceptors (Lipinski definition) is 9. The standard InChI is InChI=1S/C29H39N5O4S3/c1-6-8-13-34-22(16-30-25(36)20-10-9-14-39-20)32-33-28(34)40-17-23(35)31-26-24(27(37)38-7-2)19-12-11-18(29(3,4)5)15-21(19)41-26/h9-10,14,18H,6-8,11-13,15-17H2,1-5H3,(H,30,36)(H,31,35). The molecule has 1 aliphatic rings. The van der Waals surface area contributed by atoms with Gasteiger partial charge in [-0.1, -0.05) is 51.9 Å². The lowest BCUT2D eigenvalue weighted by molar-refractivity contribution is -0.113. The number of unbranched alkanes of at least 4 members (excludes halogenated alkanes) is 1. The van der Waals surface area contributed by atoms with Crippen LogP contribution >= 0.6 is 34.4 Å². The van der Waals surface area contributed by atoms with Crippen LogP contribution in [-0.2, 0) is 35.5 Å². The molecule has 0 saturated carbocycles. The third-order valence-electron chi connectivity index (χ3n) is 7.24. The smallest absolute Gasteiger partial charge is 0.341 e. The van der Waals surface area contributed by atoms with Crippen molar-refractivity contribution in [2.45, 2.75) is 85.0 Å². The van der Waals surface area contributed by atoms with Gasteiger partial charge in [0.2, 0.25) is 5.91 Å². The minimum Gasteiger partial charge on any atom is -0.462 e. The van der Waals surface area contributed by atoms with Crippen molar-refractivity contribution in [1.82, 2.24) is 20.1 Å². The Kier molecular flexibility index (Phi) is 10.6. The van der Waals surface area contributed by atoms with Gasteiger partial charge in [-0.3, -0.25) is 9.59 Å². The topological polar surface area (TPSA) is 115 Å². The predicted molar refractivity (Wildman–Crippen MR) is 165 cm³/mol. The summed E-state index contributed by atoms with van der Waals surface area (Å²) in [5.74, 6) is 0.529. The van der Waals surface area contributed by atoms with Crippen LogP contribution in [0.15, 0.2) is 22.7 Å². The lowest BCUT2D eigenvalue weighted by Gasteiger charge is -2.33. The Morgan fingerprint density at radius 3 is 2.71 bits per heavy atom. The maximum absolute atomic E-state index is 13.1. The Morgan fingerprint density at radius 2 is 2.02 bits per heavy atom. The number of anilines is 1. The molecule has 3 heterocycles. The first-order chi connectivity index (χ1) is 19.6. The first kappa shape index (κ1) is 31.2. The van der Waals surface area contributed by atoms with Crippen LogP contribution < -0.4 is 10.6 Å². The summed E-state index contributed by atoms with van der Waals surface area (Å²) in [4.78, 5) is 40.3. The second kappa shape index (κ2) is 14.0. The summed E-state index contributed by atoms with van der Waals surface area (Å²) in [7, 11) is 0. The van der Waals surface area contributed by atoms with Crippen LogP contribution in [0, 0.1) is 11.3 Å². The molecule has 2 N–H and O–H groups in total. The van der Waals surface area contributed by atoms with Crippen LogP contribution in [0.2, 0.25) is 0 Å². The quantitative estimate of drug-likeness (QED) is 0.184. The molecule has 4 rings (SSSR count). The van der Waals surface area contributed by atoms with Gasteiger partial charge in [0.25, 0.3) is 5.91 Å². The van der Waals surface area contributed by atoms with E-state index in [1.165, 1.54) is 34.4 Å². The molecule has 41 heavy (non-hydrogen) atoms. The first-order valence-corrected chi connectivity index (χ1v) is 16.8. The number of ether oxygens (including phenoxy) is 1. The Morgan fingerprint density at radius 1 is 1.22 bits per heavy atom. The molecule has 12 heteroatoms. The van der Waals surface area contributed by atoms with Crippen LogP contribution in [0.25, 0.3) is 0 Å². The minimum absolute atomic E-state index is 0.112. The summed E-state index contributed by atoms with van der Waals surface area (Å²) < 4.78 is 7.35. The van der Waals surface area contributed by atoms with Gasteiger partial charge in [0.05, 0.1) is 29.3 Å². The van der Waals surface area contributed by atoms with Crippen molar-refractivity contribution in [2.75, 3.05) is 17.7 Å². The van der Waals surface area contributed by atoms with E-state index in [1.807, 2.05) is 16.0 Å². The zero-order valence-corrected chi connectivity index (χ0v) is 26.8. The molecule has 222 valence electrons. The molecule has 3 aromatic rings. The van der Waals surface area contributed by atoms with E-state index in [1.54, 1.807) is 13.0 Å². The van der Waals surface area contributed by atoms with Crippen molar-refractivity contribution in [3.8, 4) is 0 Å². The average Bonchev–Trinajstić information content (AvgIpc) is 3.67. The van der Waals surface area contributed by atoms with Gasteiger partial charge >= 0.3 is 5.97 Å². The number of rotatable bonds is 12. The van der Waals surface area contributed by atoms with Gasteiger partial charge in [0, 0.05) is 11.4 Å². The average molecular weight is 618 g/mol. The normalized spacial score (nSPS) is 14.9. The number of thiophene rings is 2. The Hall–Kier alpha value is -2.70. The van der Waals surface area contributed by atoms with Crippen molar-refractivity contribution >= 4 is 57.2 Å². The van der Waals surface area contributed by atoms with Gasteiger partial charge in [-0.15, -0.1) is 32.9 Å². The van der Waals surface area contributed by atoms with Gasteiger partial charge in [0.15, 0.2) is 11.0 Å². The SMILES string of the molecule is CCCCn1c(CNC(=O)c2cccs2)nnc1SCC(=O)Nc1sc2c(c1C(=O)OCC)CCC(C(C)(C)C)C2. The number of esters is 1. The fourth-order valence-electron chi connectivity index (χ4n) is 4.88. The number of nitrogens with one attached hydrogen (secondary N) is 2. The molecule has 1 aliphatic carbocycles. The molecule has 0 spiro atoms. The number of aromatic nitrogens is 3. The number of carbonyl (C=O) groups is 3. The fraction of sp³-hybridized carbons (Fsp3) is 0.552. The van der Waals surface area contributed by atoms with Gasteiger partial charge in [0.1, 0.15) is 5.00 Å². The highest BCUT2D eigenvalue weighted by Crippen LogP contribution is 2.44. The van der Waals surface area contributed by atoms with Crippen LogP contribution in [0.4, 0.5) is 5.00 Å². The number of nitrogens with zero attached hydrogens (tertiary/aromatic N) is 3. The maximum Gasteiger partial charge on any atom is 0.341 e. The van der Waals surface area contributed by atoms with Crippen molar-refractivity contribution in [2.24, 2.45) is 11.3 Å². The number of carbonyl (C=O) groups excluding carboxylic acids is 3. The van der Waals surface area contributed by atoms with Gasteiger partial charge in [-0.25, -0.2) is 4.79 Å². The van der Waals surface area contributed by atoms with Crippen molar-refractivity contribution in [3.63, 3.8) is 0 Å². The number of hydrogen-bond donors (Lipinski definition) is 2. The number of amides is 2. The molecule has 0 bridgehead atoms. The lowest BCUT2D eigenvalue weighted by atomic mass is 9.72. The summed E-state index contributed by atoms with van der Waals surface area (Å²) in [6.07, 6.45) is 4.61. The van der Waals surface area contributed by atoms with E-state index < -0.39 is 0 Å². The molecule has 0 saturated heterocycles. The van der Waals surface area contributed by atoms with E-state index in [0.29, 0.717) is 38.9 Å². The summed E-state index contributed by atoms with van der Waals surface area (Å²) in [6, 6.07) is 3.62. The molecule has 2 amide bonds. The van der Waals surface area contributed by atoms with E-state index >= 15 is 0 Å². The van der Waals surface area contributed by atoms with E-state index in [-0.39, 0.29) is 42.1 Å². The first-order valence-electron chi connectivity index (χ1n) is 14.1. The van der Waals surface area contributed by atoms with Crippen molar-refractivity contribution < 1.29 is 19.1 Å². The molecule has 1 atom stereocenters. The highest BCUT2D eigenvalue weighted by Gasteiger charge is 2.34. The monoisotopic (exact) mass is 617 g/mol. The van der Waals surface area contributed by atoms with Crippen LogP contribution in [0.1, 0.15) is 90.2 Å². The molecular formula is C29H39N5O4S3. The Bertz CT molecular complexity index is 1360. The third-order valence-corrected chi connectivity index (χ3v) is 10.2. The summed E-state index contributed by atoms with van der Waals surface area (Å²) >= 11 is 4.18. The van der Waals surface area contributed by atoms with Crippen LogP contribution in [-0.4, -0.2) is 44.9 Å². The summed E-state index contributed by atoms with van der Waals surface area (Å²) in [5.41, 5.74) is 1.70. The zero-order chi connectivity index (χ0) is 29.6. The highest BCUT2D eigenvalue weighted by molar-refractivity contribution is 7.99. The van der Waals surface area contributed by atoms with Gasteiger partial charge in [-0.2, -0.15) is 0 Å². The molecule has 0 fully saturated rings. The Labute approximate surface area is 253 Å². The highest BCUT2D eigenvalue weighted by atomic mass is 32.2. The van der Waals surface area contributed by atoms with E-state index in [9.17, 15) is 14.4 Å². The van der Waals surface area contributed by atoms with Crippen LogP contribution in [0.5, 0.6) is 0 Å².